The third-order valence-corrected chi connectivity index (χ3v) is 13.4. The summed E-state index contributed by atoms with van der Waals surface area (Å²) in [6.07, 6.45) is 6.99. The van der Waals surface area contributed by atoms with Gasteiger partial charge in [-0.15, -0.1) is 0 Å². The van der Waals surface area contributed by atoms with Crippen LogP contribution < -0.4 is 4.40 Å². The first kappa shape index (κ1) is 23.2. The molecule has 3 aromatic carbocycles. The van der Waals surface area contributed by atoms with Crippen LogP contribution in [0.4, 0.5) is 0 Å². The summed E-state index contributed by atoms with van der Waals surface area (Å²) in [5.41, 5.74) is 5.41. The summed E-state index contributed by atoms with van der Waals surface area (Å²) >= 11 is -0.223. The van der Waals surface area contributed by atoms with Gasteiger partial charge in [0.2, 0.25) is 0 Å². The van der Waals surface area contributed by atoms with E-state index < -0.39 is 13.3 Å². The summed E-state index contributed by atoms with van der Waals surface area (Å²) in [6.45, 7) is 4.83. The van der Waals surface area contributed by atoms with Crippen LogP contribution in [0.1, 0.15) is 51.0 Å². The van der Waals surface area contributed by atoms with E-state index in [1.807, 2.05) is 11.3 Å². The van der Waals surface area contributed by atoms with E-state index in [-0.39, 0.29) is 0 Å². The Morgan fingerprint density at radius 3 is 2.43 bits per heavy atom. The normalized spacial score (nSPS) is 16.9. The Morgan fingerprint density at radius 2 is 1.66 bits per heavy atom. The van der Waals surface area contributed by atoms with Crippen molar-refractivity contribution >= 4 is 60.1 Å². The molecule has 2 aromatic heterocycles. The molecule has 0 unspecified atom stereocenters. The van der Waals surface area contributed by atoms with Crippen molar-refractivity contribution in [3.8, 4) is 11.3 Å². The zero-order valence-corrected chi connectivity index (χ0v) is 24.4. The van der Waals surface area contributed by atoms with Crippen molar-refractivity contribution < 1.29 is 0 Å². The summed E-state index contributed by atoms with van der Waals surface area (Å²) in [6, 6.07) is 20.7. The zero-order chi connectivity index (χ0) is 24.4. The Bertz CT molecular complexity index is 1560. The predicted molar refractivity (Wildman–Crippen MR) is 156 cm³/mol. The van der Waals surface area contributed by atoms with Gasteiger partial charge >= 0.3 is 197 Å². The zero-order valence-electron chi connectivity index (χ0n) is 21.5. The van der Waals surface area contributed by atoms with Gasteiger partial charge in [0.15, 0.2) is 0 Å². The molecule has 0 N–H and O–H groups in total. The first-order valence-corrected chi connectivity index (χ1v) is 21.1. The molecule has 0 radical (unpaired) electrons. The van der Waals surface area contributed by atoms with E-state index in [1.165, 1.54) is 62.4 Å². The first-order chi connectivity index (χ1) is 16.7. The van der Waals surface area contributed by atoms with Gasteiger partial charge in [0, 0.05) is 0 Å². The minimum atomic E-state index is -2.09. The van der Waals surface area contributed by atoms with E-state index in [2.05, 4.69) is 85.7 Å². The Morgan fingerprint density at radius 1 is 0.886 bits per heavy atom. The van der Waals surface area contributed by atoms with Crippen molar-refractivity contribution in [2.24, 2.45) is 5.41 Å². The van der Waals surface area contributed by atoms with Gasteiger partial charge in [-0.05, 0) is 5.41 Å². The summed E-state index contributed by atoms with van der Waals surface area (Å²) < 4.78 is 4.11. The molecule has 1 aliphatic rings. The first-order valence-electron chi connectivity index (χ1n) is 12.9. The minimum absolute atomic E-state index is 0.498. The van der Waals surface area contributed by atoms with Crippen LogP contribution in [0.25, 0.3) is 42.3 Å². The van der Waals surface area contributed by atoms with Crippen molar-refractivity contribution in [1.82, 2.24) is 9.97 Å². The molecule has 35 heavy (non-hydrogen) atoms. The van der Waals surface area contributed by atoms with Gasteiger partial charge in [0.05, 0.1) is 0 Å². The molecule has 0 spiro atoms. The van der Waals surface area contributed by atoms with Gasteiger partial charge < -0.3 is 0 Å². The molecule has 1 saturated carbocycles. The Balaban J connectivity index is 1.49. The Hall–Kier alpha value is -2.24. The second-order valence-electron chi connectivity index (χ2n) is 12.2. The van der Waals surface area contributed by atoms with Crippen molar-refractivity contribution in [1.29, 1.82) is 0 Å². The molecule has 6 rings (SSSR count). The van der Waals surface area contributed by atoms with E-state index in [0.717, 1.165) is 11.2 Å². The number of aromatic nitrogens is 2. The molecule has 0 atom stereocenters. The predicted octanol–water partition coefficient (Wildman–Crippen LogP) is 8.89. The number of nitrogens with zero attached hydrogens (tertiary/aromatic N) is 2. The fraction of sp³-hybridized carbons (Fsp3) is 0.355. The molecular formula is C31H34GeN2S. The summed E-state index contributed by atoms with van der Waals surface area (Å²) in [5.74, 6) is 8.13. The Labute approximate surface area is 215 Å². The average molecular weight is 539 g/mol. The monoisotopic (exact) mass is 540 g/mol. The molecule has 1 aliphatic carbocycles. The SMILES string of the molecule is CC1(C)CCC(c2ccc3c(c2)sc2c(-c4c[c]([Ge]([CH3])([CH3])[CH3])c5ccccc5c4)ncnc23)CC1. The van der Waals surface area contributed by atoms with E-state index >= 15 is 0 Å². The van der Waals surface area contributed by atoms with Crippen LogP contribution in [0.3, 0.4) is 0 Å². The van der Waals surface area contributed by atoms with Crippen LogP contribution in [0.5, 0.6) is 0 Å². The Kier molecular flexibility index (Phi) is 5.57. The van der Waals surface area contributed by atoms with Gasteiger partial charge in [0.25, 0.3) is 0 Å². The third kappa shape index (κ3) is 4.21. The second kappa shape index (κ2) is 8.42. The van der Waals surface area contributed by atoms with Crippen LogP contribution in [0.2, 0.25) is 17.3 Å². The molecule has 178 valence electrons. The maximum absolute atomic E-state index is 4.85. The average Bonchev–Trinajstić information content (AvgIpc) is 3.20. The van der Waals surface area contributed by atoms with Gasteiger partial charge in [-0.25, -0.2) is 0 Å². The van der Waals surface area contributed by atoms with Gasteiger partial charge in [-0.2, -0.15) is 0 Å². The molecule has 4 heteroatoms. The van der Waals surface area contributed by atoms with Gasteiger partial charge in [-0.1, -0.05) is 13.8 Å². The molecule has 1 fully saturated rings. The van der Waals surface area contributed by atoms with E-state index in [0.29, 0.717) is 11.3 Å². The molecule has 0 bridgehead atoms. The second-order valence-corrected chi connectivity index (χ2v) is 23.8. The van der Waals surface area contributed by atoms with Crippen molar-refractivity contribution in [3.63, 3.8) is 0 Å². The molecular weight excluding hydrogens is 505 g/mol. The van der Waals surface area contributed by atoms with Crippen molar-refractivity contribution in [3.05, 3.63) is 66.5 Å². The number of rotatable bonds is 3. The van der Waals surface area contributed by atoms with E-state index in [4.69, 9.17) is 9.97 Å². The topological polar surface area (TPSA) is 25.8 Å². The number of hydrogen-bond donors (Lipinski definition) is 0. The molecule has 0 aliphatic heterocycles. The van der Waals surface area contributed by atoms with Crippen LogP contribution >= 0.6 is 11.3 Å². The molecule has 5 aromatic rings. The van der Waals surface area contributed by atoms with E-state index in [9.17, 15) is 0 Å². The fourth-order valence-corrected chi connectivity index (χ4v) is 10.5. The summed E-state index contributed by atoms with van der Waals surface area (Å²) in [5, 5.41) is 3.99. The summed E-state index contributed by atoms with van der Waals surface area (Å²) in [4.78, 5) is 9.61. The van der Waals surface area contributed by atoms with Crippen LogP contribution in [0, 0.1) is 5.41 Å². The standard InChI is InChI=1S/C31H34GeN2S/c1-31(2)14-12-20(13-15-31)21-10-11-25-27(18-21)35-30-28(33-19-34-29(25)30)23-16-22-8-6-7-9-24(22)26(17-23)32(3,4)5/h6-11,16-20H,12-15H2,1-5H3. The van der Waals surface area contributed by atoms with Crippen LogP contribution in [-0.2, 0) is 0 Å². The molecule has 2 nitrogen and oxygen atoms in total. The van der Waals surface area contributed by atoms with E-state index in [1.54, 1.807) is 10.7 Å². The maximum atomic E-state index is 4.85. The third-order valence-electron chi connectivity index (χ3n) is 8.03. The van der Waals surface area contributed by atoms with Gasteiger partial charge in [0.1, 0.15) is 0 Å². The molecule has 2 heterocycles. The number of fused-ring (bicyclic) bond motifs is 4. The van der Waals surface area contributed by atoms with Crippen molar-refractivity contribution in [2.75, 3.05) is 0 Å². The van der Waals surface area contributed by atoms with Crippen LogP contribution in [-0.4, -0.2) is 23.2 Å². The quantitative estimate of drug-likeness (QED) is 0.214. The van der Waals surface area contributed by atoms with Crippen molar-refractivity contribution in [2.45, 2.75) is 62.7 Å². The number of benzene rings is 3. The molecule has 0 amide bonds. The number of thiophene rings is 1. The van der Waals surface area contributed by atoms with Crippen LogP contribution in [0.15, 0.2) is 60.9 Å². The molecule has 0 saturated heterocycles. The fourth-order valence-electron chi connectivity index (χ4n) is 5.85. The number of hydrogen-bond acceptors (Lipinski definition) is 3. The van der Waals surface area contributed by atoms with Gasteiger partial charge in [-0.3, -0.25) is 0 Å². The summed E-state index contributed by atoms with van der Waals surface area (Å²) in [7, 11) is 0.